The Bertz CT molecular complexity index is 572. The van der Waals surface area contributed by atoms with Crippen LogP contribution in [0.2, 0.25) is 0 Å². The van der Waals surface area contributed by atoms with E-state index in [4.69, 9.17) is 4.74 Å². The van der Waals surface area contributed by atoms with Gasteiger partial charge in [-0.25, -0.2) is 0 Å². The third-order valence-corrected chi connectivity index (χ3v) is 4.81. The molecule has 1 aliphatic heterocycles. The monoisotopic (exact) mass is 413 g/mol. The number of aliphatic imine (C=N–C) groups is 1. The van der Waals surface area contributed by atoms with Crippen LogP contribution in [0.5, 0.6) is 0 Å². The Morgan fingerprint density at radius 2 is 2.28 bits per heavy atom. The van der Waals surface area contributed by atoms with Crippen molar-refractivity contribution in [1.29, 1.82) is 0 Å². The molecule has 1 aliphatic rings. The fourth-order valence-electron chi connectivity index (χ4n) is 3.22. The molecule has 1 aromatic rings. The first kappa shape index (κ1) is 20.3. The second-order valence-electron chi connectivity index (χ2n) is 7.19. The zero-order valence-electron chi connectivity index (χ0n) is 16.1. The third-order valence-electron chi connectivity index (χ3n) is 4.38. The molecule has 142 valence electrons. The van der Waals surface area contributed by atoms with Crippen LogP contribution in [-0.2, 0) is 18.3 Å². The molecule has 6 nitrogen and oxygen atoms in total. The Hall–Kier alpha value is -1.05. The Balaban J connectivity index is 1.84. The van der Waals surface area contributed by atoms with Crippen molar-refractivity contribution in [2.75, 3.05) is 46.9 Å². The third kappa shape index (κ3) is 6.31. The van der Waals surface area contributed by atoms with Crippen LogP contribution in [0.3, 0.4) is 0 Å². The van der Waals surface area contributed by atoms with Gasteiger partial charge in [-0.1, -0.05) is 13.8 Å². The molecule has 7 heteroatoms. The minimum Gasteiger partial charge on any atom is -0.374 e. The van der Waals surface area contributed by atoms with Crippen LogP contribution < -0.4 is 5.32 Å². The summed E-state index contributed by atoms with van der Waals surface area (Å²) >= 11 is 3.53. The average molecular weight is 414 g/mol. The number of halogens is 1. The standard InChI is InChI=1S/C18H32BrN5O/c1-14(2)10-24-6-7-25-17(13-24)9-21-18(20-3)23(5)12-16-8-15(19)11-22(16)4/h8,11,14,17H,6-7,9-10,12-13H2,1-5H3,(H,20,21). The van der Waals surface area contributed by atoms with Gasteiger partial charge in [-0.2, -0.15) is 0 Å². The van der Waals surface area contributed by atoms with E-state index in [1.54, 1.807) is 0 Å². The average Bonchev–Trinajstić information content (AvgIpc) is 2.85. The van der Waals surface area contributed by atoms with Gasteiger partial charge in [-0.05, 0) is 27.9 Å². The summed E-state index contributed by atoms with van der Waals surface area (Å²) in [5, 5.41) is 3.46. The molecular formula is C18H32BrN5O. The van der Waals surface area contributed by atoms with Crippen molar-refractivity contribution in [2.24, 2.45) is 18.0 Å². The molecule has 2 heterocycles. The van der Waals surface area contributed by atoms with Gasteiger partial charge in [0.1, 0.15) is 0 Å². The molecule has 0 spiro atoms. The Labute approximate surface area is 160 Å². The van der Waals surface area contributed by atoms with Gasteiger partial charge in [-0.3, -0.25) is 9.89 Å². The van der Waals surface area contributed by atoms with E-state index in [-0.39, 0.29) is 6.10 Å². The molecule has 1 unspecified atom stereocenters. The van der Waals surface area contributed by atoms with Crippen molar-refractivity contribution < 1.29 is 4.74 Å². The maximum Gasteiger partial charge on any atom is 0.193 e. The van der Waals surface area contributed by atoms with E-state index in [0.717, 1.165) is 49.8 Å². The minimum atomic E-state index is 0.210. The van der Waals surface area contributed by atoms with Crippen molar-refractivity contribution >= 4 is 21.9 Å². The molecule has 25 heavy (non-hydrogen) atoms. The number of hydrogen-bond acceptors (Lipinski definition) is 3. The summed E-state index contributed by atoms with van der Waals surface area (Å²) in [6, 6.07) is 2.14. The lowest BCUT2D eigenvalue weighted by Crippen LogP contribution is -2.50. The first-order valence-corrected chi connectivity index (χ1v) is 9.74. The van der Waals surface area contributed by atoms with Gasteiger partial charge in [0.15, 0.2) is 5.96 Å². The van der Waals surface area contributed by atoms with E-state index >= 15 is 0 Å². The highest BCUT2D eigenvalue weighted by Crippen LogP contribution is 2.15. The van der Waals surface area contributed by atoms with Crippen LogP contribution in [-0.4, -0.2) is 73.3 Å². The van der Waals surface area contributed by atoms with E-state index in [1.807, 2.05) is 7.05 Å². The normalized spacial score (nSPS) is 19.5. The molecule has 1 aromatic heterocycles. The van der Waals surface area contributed by atoms with Crippen molar-refractivity contribution in [2.45, 2.75) is 26.5 Å². The molecule has 1 N–H and O–H groups in total. The predicted molar refractivity (Wildman–Crippen MR) is 107 cm³/mol. The quantitative estimate of drug-likeness (QED) is 0.573. The van der Waals surface area contributed by atoms with Gasteiger partial charge >= 0.3 is 0 Å². The van der Waals surface area contributed by atoms with E-state index < -0.39 is 0 Å². The van der Waals surface area contributed by atoms with Gasteiger partial charge < -0.3 is 19.5 Å². The van der Waals surface area contributed by atoms with E-state index in [0.29, 0.717) is 5.92 Å². The summed E-state index contributed by atoms with van der Waals surface area (Å²) in [5.74, 6) is 1.58. The highest BCUT2D eigenvalue weighted by molar-refractivity contribution is 9.10. The number of aromatic nitrogens is 1. The van der Waals surface area contributed by atoms with E-state index in [2.05, 4.69) is 80.8 Å². The fourth-order valence-corrected chi connectivity index (χ4v) is 3.79. The molecule has 0 saturated carbocycles. The number of guanidine groups is 1. The number of rotatable bonds is 6. The van der Waals surface area contributed by atoms with Crippen molar-refractivity contribution in [1.82, 2.24) is 19.7 Å². The molecule has 0 amide bonds. The van der Waals surface area contributed by atoms with Crippen LogP contribution in [0.4, 0.5) is 0 Å². The Kier molecular flexibility index (Phi) is 7.78. The van der Waals surface area contributed by atoms with Crippen LogP contribution in [0, 0.1) is 5.92 Å². The zero-order chi connectivity index (χ0) is 18.4. The molecule has 0 bridgehead atoms. The zero-order valence-corrected chi connectivity index (χ0v) is 17.7. The van der Waals surface area contributed by atoms with E-state index in [9.17, 15) is 0 Å². The summed E-state index contributed by atoms with van der Waals surface area (Å²) in [7, 11) is 5.94. The first-order chi connectivity index (χ1) is 11.9. The van der Waals surface area contributed by atoms with Gasteiger partial charge in [0, 0.05) is 63.7 Å². The lowest BCUT2D eigenvalue weighted by atomic mass is 10.2. The van der Waals surface area contributed by atoms with Crippen molar-refractivity contribution in [3.8, 4) is 0 Å². The predicted octanol–water partition coefficient (Wildman–Crippen LogP) is 2.15. The van der Waals surface area contributed by atoms with E-state index in [1.165, 1.54) is 5.69 Å². The maximum atomic E-state index is 5.92. The summed E-state index contributed by atoms with van der Waals surface area (Å²) in [6.45, 7) is 10.1. The largest absolute Gasteiger partial charge is 0.374 e. The van der Waals surface area contributed by atoms with Gasteiger partial charge in [0.25, 0.3) is 0 Å². The highest BCUT2D eigenvalue weighted by Gasteiger charge is 2.21. The Morgan fingerprint density at radius 1 is 1.52 bits per heavy atom. The topological polar surface area (TPSA) is 45.0 Å². The molecule has 2 rings (SSSR count). The molecular weight excluding hydrogens is 382 g/mol. The summed E-state index contributed by atoms with van der Waals surface area (Å²) < 4.78 is 9.14. The molecule has 1 atom stereocenters. The number of nitrogens with zero attached hydrogens (tertiary/aromatic N) is 4. The number of aryl methyl sites for hydroxylation is 1. The number of nitrogens with one attached hydrogen (secondary N) is 1. The maximum absolute atomic E-state index is 5.92. The van der Waals surface area contributed by atoms with Gasteiger partial charge in [0.2, 0.25) is 0 Å². The Morgan fingerprint density at radius 3 is 2.88 bits per heavy atom. The molecule has 1 saturated heterocycles. The second kappa shape index (κ2) is 9.59. The number of ether oxygens (including phenoxy) is 1. The summed E-state index contributed by atoms with van der Waals surface area (Å²) in [6.07, 6.45) is 2.28. The van der Waals surface area contributed by atoms with Crippen LogP contribution >= 0.6 is 15.9 Å². The van der Waals surface area contributed by atoms with Crippen LogP contribution in [0.25, 0.3) is 0 Å². The number of morpholine rings is 1. The summed E-state index contributed by atoms with van der Waals surface area (Å²) in [5.41, 5.74) is 1.23. The van der Waals surface area contributed by atoms with Gasteiger partial charge in [-0.15, -0.1) is 0 Å². The molecule has 0 aromatic carbocycles. The van der Waals surface area contributed by atoms with Crippen LogP contribution in [0.15, 0.2) is 21.7 Å². The molecule has 1 fully saturated rings. The number of hydrogen-bond donors (Lipinski definition) is 1. The van der Waals surface area contributed by atoms with Crippen LogP contribution in [0.1, 0.15) is 19.5 Å². The lowest BCUT2D eigenvalue weighted by Gasteiger charge is -2.34. The molecule has 0 aliphatic carbocycles. The lowest BCUT2D eigenvalue weighted by molar-refractivity contribution is -0.0286. The smallest absolute Gasteiger partial charge is 0.193 e. The van der Waals surface area contributed by atoms with Gasteiger partial charge in [0.05, 0.1) is 19.3 Å². The molecule has 0 radical (unpaired) electrons. The minimum absolute atomic E-state index is 0.210. The SMILES string of the molecule is CN=C(NCC1CN(CC(C)C)CCO1)N(C)Cc1cc(Br)cn1C. The second-order valence-corrected chi connectivity index (χ2v) is 8.11. The highest BCUT2D eigenvalue weighted by atomic mass is 79.9. The fraction of sp³-hybridized carbons (Fsp3) is 0.722. The van der Waals surface area contributed by atoms with Crippen molar-refractivity contribution in [3.05, 3.63) is 22.4 Å². The first-order valence-electron chi connectivity index (χ1n) is 8.95. The van der Waals surface area contributed by atoms with Crippen molar-refractivity contribution in [3.63, 3.8) is 0 Å². The summed E-state index contributed by atoms with van der Waals surface area (Å²) in [4.78, 5) is 9.04.